The highest BCUT2D eigenvalue weighted by molar-refractivity contribution is 7.27. The summed E-state index contributed by atoms with van der Waals surface area (Å²) in [7, 11) is 0. The molecule has 0 unspecified atom stereocenters. The van der Waals surface area contributed by atoms with Gasteiger partial charge >= 0.3 is 0 Å². The smallest absolute Gasteiger partial charge is 0.124 e. The van der Waals surface area contributed by atoms with Crippen LogP contribution < -0.4 is 0 Å². The highest BCUT2D eigenvalue weighted by Crippen LogP contribution is 2.46. The maximum atomic E-state index is 5.37. The number of hydrogen-bond donors (Lipinski definition) is 0. The minimum Gasteiger partial charge on any atom is -0.309 e. The van der Waals surface area contributed by atoms with E-state index in [0.29, 0.717) is 0 Å². The van der Waals surface area contributed by atoms with Gasteiger partial charge in [0.2, 0.25) is 0 Å². The lowest BCUT2D eigenvalue weighted by Crippen LogP contribution is -1.94. The first kappa shape index (κ1) is 28.7. The van der Waals surface area contributed by atoms with Crippen molar-refractivity contribution in [3.63, 3.8) is 0 Å². The van der Waals surface area contributed by atoms with E-state index in [1.165, 1.54) is 79.7 Å². The molecule has 0 saturated carbocycles. The molecule has 3 heterocycles. The van der Waals surface area contributed by atoms with Crippen molar-refractivity contribution in [1.82, 2.24) is 9.55 Å². The minimum atomic E-state index is 1.04. The molecular formula is C47H28N2S2. The van der Waals surface area contributed by atoms with E-state index in [1.54, 1.807) is 11.3 Å². The van der Waals surface area contributed by atoms with Crippen molar-refractivity contribution in [1.29, 1.82) is 0 Å². The van der Waals surface area contributed by atoms with Gasteiger partial charge in [0.15, 0.2) is 0 Å². The molecule has 51 heavy (non-hydrogen) atoms. The fourth-order valence-electron chi connectivity index (χ4n) is 7.84. The molecular weight excluding hydrogens is 657 g/mol. The monoisotopic (exact) mass is 684 g/mol. The van der Waals surface area contributed by atoms with Crippen molar-refractivity contribution < 1.29 is 0 Å². The van der Waals surface area contributed by atoms with E-state index in [0.717, 1.165) is 21.8 Å². The number of thiazole rings is 1. The fraction of sp³-hybridized carbons (Fsp3) is 0. The third-order valence-electron chi connectivity index (χ3n) is 10.2. The maximum absolute atomic E-state index is 5.37. The van der Waals surface area contributed by atoms with E-state index in [2.05, 4.69) is 174 Å². The Labute approximate surface area is 302 Å². The molecule has 11 aromatic rings. The molecule has 0 fully saturated rings. The first-order valence-electron chi connectivity index (χ1n) is 17.2. The summed E-state index contributed by atoms with van der Waals surface area (Å²) in [5.74, 6) is 0. The average molecular weight is 685 g/mol. The Morgan fingerprint density at radius 3 is 1.96 bits per heavy atom. The third-order valence-corrected chi connectivity index (χ3v) is 12.5. The van der Waals surface area contributed by atoms with Crippen LogP contribution >= 0.6 is 22.7 Å². The Balaban J connectivity index is 1.06. The van der Waals surface area contributed by atoms with Crippen LogP contribution in [-0.4, -0.2) is 9.55 Å². The van der Waals surface area contributed by atoms with Crippen LogP contribution in [0.4, 0.5) is 0 Å². The Bertz CT molecular complexity index is 3110. The number of fused-ring (bicyclic) bond motifs is 10. The van der Waals surface area contributed by atoms with Crippen molar-refractivity contribution in [2.24, 2.45) is 0 Å². The van der Waals surface area contributed by atoms with Crippen molar-refractivity contribution in [2.45, 2.75) is 0 Å². The van der Waals surface area contributed by atoms with Gasteiger partial charge in [-0.15, -0.1) is 22.7 Å². The van der Waals surface area contributed by atoms with Crippen LogP contribution in [0.3, 0.4) is 0 Å². The molecule has 0 atom stereocenters. The summed E-state index contributed by atoms with van der Waals surface area (Å²) in [5, 5.41) is 8.63. The summed E-state index contributed by atoms with van der Waals surface area (Å²) in [4.78, 5) is 5.37. The summed E-state index contributed by atoms with van der Waals surface area (Å²) in [6.45, 7) is 0. The summed E-state index contributed by atoms with van der Waals surface area (Å²) < 4.78 is 6.22. The number of benzene rings is 8. The van der Waals surface area contributed by atoms with Crippen LogP contribution in [0, 0.1) is 0 Å². The summed E-state index contributed by atoms with van der Waals surface area (Å²) in [5.41, 5.74) is 10.8. The maximum Gasteiger partial charge on any atom is 0.124 e. The summed E-state index contributed by atoms with van der Waals surface area (Å²) in [6, 6.07) is 61.7. The zero-order chi connectivity index (χ0) is 33.5. The molecule has 3 aromatic heterocycles. The third kappa shape index (κ3) is 4.44. The molecule has 0 aliphatic rings. The number of rotatable bonds is 4. The lowest BCUT2D eigenvalue weighted by Gasteiger charge is -2.10. The normalized spacial score (nSPS) is 11.9. The lowest BCUT2D eigenvalue weighted by molar-refractivity contribution is 1.19. The average Bonchev–Trinajstić information content (AvgIpc) is 3.90. The van der Waals surface area contributed by atoms with Gasteiger partial charge in [0, 0.05) is 53.1 Å². The van der Waals surface area contributed by atoms with Crippen LogP contribution in [0.2, 0.25) is 0 Å². The molecule has 0 N–H and O–H groups in total. The van der Waals surface area contributed by atoms with Gasteiger partial charge in [0.1, 0.15) is 5.01 Å². The molecule has 0 bridgehead atoms. The highest BCUT2D eigenvalue weighted by atomic mass is 32.1. The van der Waals surface area contributed by atoms with Crippen molar-refractivity contribution in [3.05, 3.63) is 170 Å². The molecule has 238 valence electrons. The molecule has 0 saturated heterocycles. The first-order chi connectivity index (χ1) is 25.3. The van der Waals surface area contributed by atoms with Gasteiger partial charge in [0.05, 0.1) is 21.3 Å². The second-order valence-corrected chi connectivity index (χ2v) is 15.2. The Hall–Kier alpha value is -6.07. The van der Waals surface area contributed by atoms with Crippen LogP contribution in [0.25, 0.3) is 101 Å². The van der Waals surface area contributed by atoms with Crippen molar-refractivity contribution in [3.8, 4) is 38.5 Å². The van der Waals surface area contributed by atoms with E-state index in [1.807, 2.05) is 11.3 Å². The zero-order valence-corrected chi connectivity index (χ0v) is 29.0. The Morgan fingerprint density at radius 2 is 1.12 bits per heavy atom. The number of nitrogens with zero attached hydrogens (tertiary/aromatic N) is 2. The topological polar surface area (TPSA) is 17.8 Å². The predicted octanol–water partition coefficient (Wildman–Crippen LogP) is 13.9. The van der Waals surface area contributed by atoms with E-state index in [-0.39, 0.29) is 0 Å². The Morgan fingerprint density at radius 1 is 0.451 bits per heavy atom. The standard InChI is InChI=1S/C47H28N2S2/c1-2-10-29(11-3-1)30-18-20-32(21-19-30)39-28-42-44(43-38-15-7-9-17-41(38)50-46(39)43)48-47(51-42)33-22-25-34(26-23-33)49-40-16-8-6-14-36(40)37-27-24-31-12-4-5-13-35(31)45(37)49/h1-28H. The van der Waals surface area contributed by atoms with E-state index in [9.17, 15) is 0 Å². The number of aromatic nitrogens is 2. The summed E-state index contributed by atoms with van der Waals surface area (Å²) >= 11 is 3.65. The molecule has 4 heteroatoms. The molecule has 0 amide bonds. The second-order valence-electron chi connectivity index (χ2n) is 13.1. The van der Waals surface area contributed by atoms with Gasteiger partial charge < -0.3 is 4.57 Å². The second kappa shape index (κ2) is 11.2. The number of para-hydroxylation sites is 1. The predicted molar refractivity (Wildman–Crippen MR) is 221 cm³/mol. The zero-order valence-electron chi connectivity index (χ0n) is 27.4. The van der Waals surface area contributed by atoms with Gasteiger partial charge in [-0.2, -0.15) is 0 Å². The highest BCUT2D eigenvalue weighted by Gasteiger charge is 2.19. The summed E-state index contributed by atoms with van der Waals surface area (Å²) in [6.07, 6.45) is 0. The molecule has 0 aliphatic heterocycles. The molecule has 8 aromatic carbocycles. The molecule has 0 spiro atoms. The fourth-order valence-corrected chi connectivity index (χ4v) is 10.1. The quantitative estimate of drug-likeness (QED) is 0.180. The van der Waals surface area contributed by atoms with Crippen LogP contribution in [0.5, 0.6) is 0 Å². The van der Waals surface area contributed by atoms with Gasteiger partial charge in [-0.25, -0.2) is 4.98 Å². The van der Waals surface area contributed by atoms with Crippen LogP contribution in [-0.2, 0) is 0 Å². The van der Waals surface area contributed by atoms with Gasteiger partial charge in [-0.3, -0.25) is 0 Å². The molecule has 11 rings (SSSR count). The van der Waals surface area contributed by atoms with Gasteiger partial charge in [-0.1, -0.05) is 127 Å². The van der Waals surface area contributed by atoms with E-state index in [4.69, 9.17) is 4.98 Å². The lowest BCUT2D eigenvalue weighted by atomic mass is 9.98. The van der Waals surface area contributed by atoms with E-state index >= 15 is 0 Å². The van der Waals surface area contributed by atoms with Crippen LogP contribution in [0.15, 0.2) is 170 Å². The van der Waals surface area contributed by atoms with Gasteiger partial charge in [-0.05, 0) is 64.5 Å². The largest absolute Gasteiger partial charge is 0.309 e. The van der Waals surface area contributed by atoms with Crippen LogP contribution in [0.1, 0.15) is 0 Å². The van der Waals surface area contributed by atoms with Crippen molar-refractivity contribution >= 4 is 85.6 Å². The number of thiophene rings is 1. The van der Waals surface area contributed by atoms with Gasteiger partial charge in [0.25, 0.3) is 0 Å². The molecule has 0 radical (unpaired) electrons. The van der Waals surface area contributed by atoms with Crippen molar-refractivity contribution in [2.75, 3.05) is 0 Å². The first-order valence-corrected chi connectivity index (χ1v) is 18.8. The Kier molecular flexibility index (Phi) is 6.32. The number of hydrogen-bond acceptors (Lipinski definition) is 3. The van der Waals surface area contributed by atoms with E-state index < -0.39 is 0 Å². The molecule has 0 aliphatic carbocycles. The minimum absolute atomic E-state index is 1.04. The molecule has 2 nitrogen and oxygen atoms in total. The SMILES string of the molecule is c1ccc(-c2ccc(-c3cc4sc(-c5ccc(-n6c7ccccc7c7ccc8ccccc8c76)cc5)nc4c4c3sc3ccccc34)cc2)cc1.